The van der Waals surface area contributed by atoms with E-state index in [0.29, 0.717) is 0 Å². The van der Waals surface area contributed by atoms with Crippen LogP contribution in [0.5, 0.6) is 11.8 Å². The summed E-state index contributed by atoms with van der Waals surface area (Å²) in [5, 5.41) is 30.4. The van der Waals surface area contributed by atoms with Gasteiger partial charge in [0.25, 0.3) is 21.8 Å². The molecule has 0 amide bonds. The van der Waals surface area contributed by atoms with Crippen LogP contribution in [0.3, 0.4) is 0 Å². The molecule has 0 aliphatic heterocycles. The van der Waals surface area contributed by atoms with Crippen molar-refractivity contribution in [1.82, 2.24) is 9.13 Å². The first kappa shape index (κ1) is 19.1. The molecule has 12 heteroatoms. The van der Waals surface area contributed by atoms with E-state index in [2.05, 4.69) is 4.72 Å². The third-order valence-corrected chi connectivity index (χ3v) is 7.21. The molecule has 10 nitrogen and oxygen atoms in total. The number of rotatable bonds is 6. The predicted octanol–water partition coefficient (Wildman–Crippen LogP) is 1.95. The summed E-state index contributed by atoms with van der Waals surface area (Å²) in [6, 6.07) is 6.58. The lowest BCUT2D eigenvalue weighted by atomic mass is 10.3. The number of aromatic nitrogens is 2. The Morgan fingerprint density at radius 1 is 1.17 bits per heavy atom. The highest BCUT2D eigenvalue weighted by Gasteiger charge is 2.32. The molecular formula is C17H15N3O7S2. The van der Waals surface area contributed by atoms with E-state index in [9.17, 15) is 28.2 Å². The molecule has 0 saturated heterocycles. The molecule has 4 rings (SSSR count). The number of hydrogen-bond donors (Lipinski definition) is 4. The average Bonchev–Trinajstić information content (AvgIpc) is 3.28. The molecule has 1 aromatic carbocycles. The van der Waals surface area contributed by atoms with Crippen molar-refractivity contribution in [3.05, 3.63) is 51.8 Å². The standard InChI is InChI=1S/C17H15N3O7S2/c21-14-15(22)20(17(25)19(14)11-4-5-11)12-3-1-2-10(7-12)18-29(26,27)13-6-9(8-28-13)16(23)24/h1-3,6-8,11,18,21-22H,4-5H2,(H,23,24). The molecular weight excluding hydrogens is 422 g/mol. The van der Waals surface area contributed by atoms with Crippen LogP contribution < -0.4 is 10.4 Å². The number of aromatic carboxylic acids is 1. The number of nitrogens with zero attached hydrogens (tertiary/aromatic N) is 2. The minimum atomic E-state index is -4.05. The second-order valence-corrected chi connectivity index (χ2v) is 9.30. The van der Waals surface area contributed by atoms with Gasteiger partial charge in [-0.15, -0.1) is 11.3 Å². The number of nitrogens with one attached hydrogen (secondary N) is 1. The van der Waals surface area contributed by atoms with Crippen molar-refractivity contribution in [2.45, 2.75) is 23.1 Å². The first-order valence-corrected chi connectivity index (χ1v) is 10.8. The lowest BCUT2D eigenvalue weighted by Crippen LogP contribution is -2.22. The van der Waals surface area contributed by atoms with Crippen LogP contribution in [0.2, 0.25) is 0 Å². The highest BCUT2D eigenvalue weighted by molar-refractivity contribution is 7.94. The number of carboxylic acid groups (broad SMARTS) is 1. The molecule has 2 aromatic heterocycles. The molecule has 3 aromatic rings. The largest absolute Gasteiger partial charge is 0.491 e. The van der Waals surface area contributed by atoms with E-state index in [0.717, 1.165) is 39.4 Å². The first-order chi connectivity index (χ1) is 13.7. The molecule has 4 N–H and O–H groups in total. The van der Waals surface area contributed by atoms with E-state index >= 15 is 0 Å². The van der Waals surface area contributed by atoms with E-state index in [1.54, 1.807) is 0 Å². The van der Waals surface area contributed by atoms with Crippen LogP contribution in [0.1, 0.15) is 29.2 Å². The Morgan fingerprint density at radius 2 is 1.90 bits per heavy atom. The van der Waals surface area contributed by atoms with E-state index in [1.165, 1.54) is 29.6 Å². The summed E-state index contributed by atoms with van der Waals surface area (Å²) in [4.78, 5) is 23.6. The van der Waals surface area contributed by atoms with Gasteiger partial charge in [-0.3, -0.25) is 9.29 Å². The Morgan fingerprint density at radius 3 is 2.52 bits per heavy atom. The number of carboxylic acids is 1. The maximum atomic E-state index is 12.6. The molecule has 1 aliphatic rings. The van der Waals surface area contributed by atoms with Crippen molar-refractivity contribution in [1.29, 1.82) is 0 Å². The smallest absolute Gasteiger partial charge is 0.338 e. The van der Waals surface area contributed by atoms with Crippen molar-refractivity contribution in [2.24, 2.45) is 0 Å². The molecule has 0 bridgehead atoms. The molecule has 0 spiro atoms. The number of sulfonamides is 1. The summed E-state index contributed by atoms with van der Waals surface area (Å²) in [5.41, 5.74) is -0.526. The van der Waals surface area contributed by atoms with Gasteiger partial charge in [-0.2, -0.15) is 0 Å². The Balaban J connectivity index is 1.69. The lowest BCUT2D eigenvalue weighted by Gasteiger charge is -2.09. The van der Waals surface area contributed by atoms with Crippen molar-refractivity contribution < 1.29 is 28.5 Å². The second kappa shape index (κ2) is 6.67. The van der Waals surface area contributed by atoms with Crippen LogP contribution in [0.15, 0.2) is 44.7 Å². The number of benzene rings is 1. The van der Waals surface area contributed by atoms with E-state index in [1.807, 2.05) is 0 Å². The van der Waals surface area contributed by atoms with Crippen molar-refractivity contribution in [3.8, 4) is 17.4 Å². The van der Waals surface area contributed by atoms with Gasteiger partial charge in [-0.25, -0.2) is 22.6 Å². The SMILES string of the molecule is O=C(O)c1csc(S(=O)(=O)Nc2cccc(-n3c(O)c(O)n(C4CC4)c3=O)c2)c1. The average molecular weight is 437 g/mol. The van der Waals surface area contributed by atoms with Crippen LogP contribution in [0, 0.1) is 0 Å². The van der Waals surface area contributed by atoms with Gasteiger partial charge in [0, 0.05) is 11.4 Å². The van der Waals surface area contributed by atoms with Crippen molar-refractivity contribution in [2.75, 3.05) is 4.72 Å². The lowest BCUT2D eigenvalue weighted by molar-refractivity contribution is 0.0697. The zero-order valence-corrected chi connectivity index (χ0v) is 16.3. The fourth-order valence-electron chi connectivity index (χ4n) is 2.87. The van der Waals surface area contributed by atoms with Crippen molar-refractivity contribution >= 4 is 33.0 Å². The highest BCUT2D eigenvalue weighted by atomic mass is 32.2. The molecule has 1 aliphatic carbocycles. The number of anilines is 1. The zero-order chi connectivity index (χ0) is 20.9. The summed E-state index contributed by atoms with van der Waals surface area (Å²) in [7, 11) is -4.05. The number of imidazole rings is 1. The maximum Gasteiger partial charge on any atom is 0.338 e. The van der Waals surface area contributed by atoms with Crippen LogP contribution >= 0.6 is 11.3 Å². The Hall–Kier alpha value is -3.25. The van der Waals surface area contributed by atoms with E-state index in [4.69, 9.17) is 5.11 Å². The van der Waals surface area contributed by atoms with E-state index < -0.39 is 33.4 Å². The number of carbonyl (C=O) groups is 1. The molecule has 0 unspecified atom stereocenters. The van der Waals surface area contributed by atoms with Crippen LogP contribution in [-0.2, 0) is 10.0 Å². The van der Waals surface area contributed by atoms with Crippen LogP contribution in [0.25, 0.3) is 5.69 Å². The fourth-order valence-corrected chi connectivity index (χ4v) is 5.08. The van der Waals surface area contributed by atoms with Gasteiger partial charge < -0.3 is 15.3 Å². The molecule has 0 atom stereocenters. The molecule has 29 heavy (non-hydrogen) atoms. The van der Waals surface area contributed by atoms with Gasteiger partial charge in [0.2, 0.25) is 0 Å². The van der Waals surface area contributed by atoms with Gasteiger partial charge in [0.05, 0.1) is 16.9 Å². The maximum absolute atomic E-state index is 12.6. The van der Waals surface area contributed by atoms with Gasteiger partial charge in [-0.1, -0.05) is 6.07 Å². The monoisotopic (exact) mass is 437 g/mol. The van der Waals surface area contributed by atoms with E-state index in [-0.39, 0.29) is 27.2 Å². The minimum Gasteiger partial charge on any atom is -0.491 e. The molecule has 1 saturated carbocycles. The minimum absolute atomic E-state index is 0.0951. The van der Waals surface area contributed by atoms with Gasteiger partial charge in [-0.05, 0) is 37.1 Å². The van der Waals surface area contributed by atoms with Crippen LogP contribution in [0.4, 0.5) is 5.69 Å². The third kappa shape index (κ3) is 3.36. The summed E-state index contributed by atoms with van der Waals surface area (Å²) in [6.45, 7) is 0. The van der Waals surface area contributed by atoms with Crippen molar-refractivity contribution in [3.63, 3.8) is 0 Å². The number of hydrogen-bond acceptors (Lipinski definition) is 7. The topological polar surface area (TPSA) is 151 Å². The zero-order valence-electron chi connectivity index (χ0n) is 14.6. The molecule has 1 fully saturated rings. The van der Waals surface area contributed by atoms with Gasteiger partial charge in [0.1, 0.15) is 4.21 Å². The molecule has 0 radical (unpaired) electrons. The fraction of sp³-hybridized carbons (Fsp3) is 0.176. The Kier molecular flexibility index (Phi) is 4.39. The Labute approximate surface area is 168 Å². The summed E-state index contributed by atoms with van der Waals surface area (Å²) in [5.74, 6) is -2.41. The number of thiophene rings is 1. The summed E-state index contributed by atoms with van der Waals surface area (Å²) >= 11 is 0.762. The first-order valence-electron chi connectivity index (χ1n) is 8.39. The quantitative estimate of drug-likeness (QED) is 0.460. The van der Waals surface area contributed by atoms with Gasteiger partial charge >= 0.3 is 11.7 Å². The highest BCUT2D eigenvalue weighted by Crippen LogP contribution is 2.40. The molecule has 152 valence electrons. The normalized spacial score (nSPS) is 14.1. The van der Waals surface area contributed by atoms with Crippen LogP contribution in [-0.4, -0.2) is 38.8 Å². The second-order valence-electron chi connectivity index (χ2n) is 6.48. The van der Waals surface area contributed by atoms with Gasteiger partial charge in [0.15, 0.2) is 0 Å². The molecule has 2 heterocycles. The predicted molar refractivity (Wildman–Crippen MR) is 104 cm³/mol. The summed E-state index contributed by atoms with van der Waals surface area (Å²) < 4.78 is 29.2. The third-order valence-electron chi connectivity index (χ3n) is 4.39. The summed E-state index contributed by atoms with van der Waals surface area (Å²) in [6.07, 6.45) is 1.44. The number of aromatic hydroxyl groups is 2. The Bertz CT molecular complexity index is 1280.